The third kappa shape index (κ3) is 4.49. The van der Waals surface area contributed by atoms with Crippen LogP contribution in [0.15, 0.2) is 0 Å². The molecule has 1 unspecified atom stereocenters. The van der Waals surface area contributed by atoms with Crippen molar-refractivity contribution >= 4 is 0 Å². The highest BCUT2D eigenvalue weighted by atomic mass is 16.5. The highest BCUT2D eigenvalue weighted by Crippen LogP contribution is 2.31. The number of ether oxygens (including phenoxy) is 1. The molecule has 2 aliphatic carbocycles. The van der Waals surface area contributed by atoms with Gasteiger partial charge in [0.1, 0.15) is 0 Å². The summed E-state index contributed by atoms with van der Waals surface area (Å²) >= 11 is 0. The van der Waals surface area contributed by atoms with Gasteiger partial charge in [0, 0.05) is 25.7 Å². The van der Waals surface area contributed by atoms with E-state index >= 15 is 0 Å². The van der Waals surface area contributed by atoms with Crippen molar-refractivity contribution < 1.29 is 4.74 Å². The molecule has 0 bridgehead atoms. The van der Waals surface area contributed by atoms with Crippen molar-refractivity contribution in [2.24, 2.45) is 17.6 Å². The third-order valence-electron chi connectivity index (χ3n) is 3.42. The smallest absolute Gasteiger partial charge is 0.0593 e. The Hall–Kier alpha value is -0.120. The third-order valence-corrected chi connectivity index (χ3v) is 3.42. The van der Waals surface area contributed by atoms with E-state index < -0.39 is 0 Å². The quantitative estimate of drug-likeness (QED) is 0.612. The van der Waals surface area contributed by atoms with Crippen molar-refractivity contribution in [3.63, 3.8) is 0 Å². The molecule has 0 spiro atoms. The Morgan fingerprint density at radius 2 is 2.07 bits per heavy atom. The summed E-state index contributed by atoms with van der Waals surface area (Å²) in [6.07, 6.45) is 5.44. The maximum Gasteiger partial charge on any atom is 0.0593 e. The van der Waals surface area contributed by atoms with Crippen molar-refractivity contribution in [3.8, 4) is 0 Å². The first-order valence-corrected chi connectivity index (χ1v) is 6.27. The first-order valence-electron chi connectivity index (χ1n) is 6.27. The van der Waals surface area contributed by atoms with Crippen LogP contribution in [0.1, 0.15) is 25.7 Å². The second-order valence-electron chi connectivity index (χ2n) is 5.28. The van der Waals surface area contributed by atoms with Crippen molar-refractivity contribution in [1.82, 2.24) is 4.90 Å². The van der Waals surface area contributed by atoms with Crippen LogP contribution in [0.25, 0.3) is 0 Å². The van der Waals surface area contributed by atoms with E-state index in [1.165, 1.54) is 25.7 Å². The van der Waals surface area contributed by atoms with Crippen LogP contribution in [0.4, 0.5) is 0 Å². The van der Waals surface area contributed by atoms with Gasteiger partial charge >= 0.3 is 0 Å². The van der Waals surface area contributed by atoms with Crippen molar-refractivity contribution in [1.29, 1.82) is 0 Å². The van der Waals surface area contributed by atoms with Gasteiger partial charge in [-0.1, -0.05) is 0 Å². The molecule has 0 aliphatic heterocycles. The summed E-state index contributed by atoms with van der Waals surface area (Å²) in [5.74, 6) is 1.68. The van der Waals surface area contributed by atoms with E-state index in [9.17, 15) is 0 Å². The first kappa shape index (κ1) is 11.4. The fourth-order valence-corrected chi connectivity index (χ4v) is 1.88. The van der Waals surface area contributed by atoms with Crippen LogP contribution < -0.4 is 5.73 Å². The maximum atomic E-state index is 6.06. The Bertz CT molecular complexity index is 190. The number of rotatable bonds is 8. The van der Waals surface area contributed by atoms with Gasteiger partial charge in [-0.05, 0) is 44.6 Å². The topological polar surface area (TPSA) is 38.5 Å². The molecule has 3 heteroatoms. The Kier molecular flexibility index (Phi) is 4.00. The van der Waals surface area contributed by atoms with Crippen LogP contribution >= 0.6 is 0 Å². The molecule has 3 nitrogen and oxygen atoms in total. The molecule has 2 rings (SSSR count). The lowest BCUT2D eigenvalue weighted by Crippen LogP contribution is -2.38. The molecule has 0 heterocycles. The standard InChI is InChI=1S/C12H24N2O/c1-14(8-12(13)11-4-5-11)6-7-15-9-10-2-3-10/h10-12H,2-9,13H2,1H3. The number of hydrogen-bond donors (Lipinski definition) is 1. The first-order chi connectivity index (χ1) is 7.25. The molecule has 2 aliphatic rings. The summed E-state index contributed by atoms with van der Waals surface area (Å²) < 4.78 is 5.60. The molecule has 0 saturated heterocycles. The minimum absolute atomic E-state index is 0.387. The van der Waals surface area contributed by atoms with Gasteiger partial charge in [-0.3, -0.25) is 0 Å². The van der Waals surface area contributed by atoms with Gasteiger partial charge in [0.05, 0.1) is 6.61 Å². The largest absolute Gasteiger partial charge is 0.380 e. The normalized spacial score (nSPS) is 23.4. The van der Waals surface area contributed by atoms with Crippen molar-refractivity contribution in [2.45, 2.75) is 31.7 Å². The van der Waals surface area contributed by atoms with Gasteiger partial charge in [-0.2, -0.15) is 0 Å². The van der Waals surface area contributed by atoms with E-state index in [0.29, 0.717) is 6.04 Å². The van der Waals surface area contributed by atoms with E-state index in [0.717, 1.165) is 38.1 Å². The zero-order chi connectivity index (χ0) is 10.7. The zero-order valence-corrected chi connectivity index (χ0v) is 9.82. The van der Waals surface area contributed by atoms with E-state index in [-0.39, 0.29) is 0 Å². The molecule has 0 amide bonds. The van der Waals surface area contributed by atoms with Crippen LogP contribution in [0, 0.1) is 11.8 Å². The molecule has 2 saturated carbocycles. The van der Waals surface area contributed by atoms with Crippen molar-refractivity contribution in [3.05, 3.63) is 0 Å². The zero-order valence-electron chi connectivity index (χ0n) is 9.82. The Morgan fingerprint density at radius 1 is 1.33 bits per heavy atom. The molecule has 0 radical (unpaired) electrons. The lowest BCUT2D eigenvalue weighted by molar-refractivity contribution is 0.101. The number of hydrogen-bond acceptors (Lipinski definition) is 3. The average Bonchev–Trinajstić information content (AvgIpc) is 3.03. The molecule has 2 fully saturated rings. The van der Waals surface area contributed by atoms with E-state index in [1.54, 1.807) is 0 Å². The van der Waals surface area contributed by atoms with Crippen LogP contribution in [0.2, 0.25) is 0 Å². The molecule has 1 atom stereocenters. The van der Waals surface area contributed by atoms with Gasteiger partial charge in [0.25, 0.3) is 0 Å². The van der Waals surface area contributed by atoms with Crippen LogP contribution in [0.3, 0.4) is 0 Å². The molecule has 0 aromatic carbocycles. The molecule has 2 N–H and O–H groups in total. The predicted molar refractivity (Wildman–Crippen MR) is 61.7 cm³/mol. The van der Waals surface area contributed by atoms with Gasteiger partial charge in [-0.15, -0.1) is 0 Å². The lowest BCUT2D eigenvalue weighted by Gasteiger charge is -2.20. The van der Waals surface area contributed by atoms with Gasteiger partial charge in [-0.25, -0.2) is 0 Å². The van der Waals surface area contributed by atoms with Crippen LogP contribution in [0.5, 0.6) is 0 Å². The second kappa shape index (κ2) is 5.28. The number of nitrogens with zero attached hydrogens (tertiary/aromatic N) is 1. The van der Waals surface area contributed by atoms with E-state index in [4.69, 9.17) is 10.5 Å². The number of likely N-dealkylation sites (N-methyl/N-ethyl adjacent to an activating group) is 1. The fourth-order valence-electron chi connectivity index (χ4n) is 1.88. The Morgan fingerprint density at radius 3 is 2.67 bits per heavy atom. The van der Waals surface area contributed by atoms with E-state index in [2.05, 4.69) is 11.9 Å². The van der Waals surface area contributed by atoms with Gasteiger partial charge < -0.3 is 15.4 Å². The molecule has 0 aromatic heterocycles. The fraction of sp³-hybridized carbons (Fsp3) is 1.00. The summed E-state index contributed by atoms with van der Waals surface area (Å²) in [7, 11) is 2.14. The molecular formula is C12H24N2O. The summed E-state index contributed by atoms with van der Waals surface area (Å²) in [5.41, 5.74) is 6.06. The summed E-state index contributed by atoms with van der Waals surface area (Å²) in [6, 6.07) is 0.387. The highest BCUT2D eigenvalue weighted by Gasteiger charge is 2.28. The Balaban J connectivity index is 1.45. The lowest BCUT2D eigenvalue weighted by atomic mass is 10.2. The summed E-state index contributed by atoms with van der Waals surface area (Å²) in [4.78, 5) is 2.30. The highest BCUT2D eigenvalue weighted by molar-refractivity contribution is 4.85. The monoisotopic (exact) mass is 212 g/mol. The minimum atomic E-state index is 0.387. The molecule has 0 aromatic rings. The average molecular weight is 212 g/mol. The number of nitrogens with two attached hydrogens (primary N) is 1. The SMILES string of the molecule is CN(CCOCC1CC1)CC(N)C1CC1. The second-order valence-corrected chi connectivity index (χ2v) is 5.28. The van der Waals surface area contributed by atoms with Crippen molar-refractivity contribution in [2.75, 3.05) is 33.4 Å². The van der Waals surface area contributed by atoms with Crippen LogP contribution in [-0.2, 0) is 4.74 Å². The van der Waals surface area contributed by atoms with Gasteiger partial charge in [0.15, 0.2) is 0 Å². The maximum absolute atomic E-state index is 6.06. The summed E-state index contributed by atoms with van der Waals surface area (Å²) in [6.45, 7) is 3.89. The Labute approximate surface area is 93.0 Å². The molecule has 15 heavy (non-hydrogen) atoms. The molecular weight excluding hydrogens is 188 g/mol. The van der Waals surface area contributed by atoms with Crippen LogP contribution in [-0.4, -0.2) is 44.3 Å². The predicted octanol–water partition coefficient (Wildman–Crippen LogP) is 1.08. The minimum Gasteiger partial charge on any atom is -0.380 e. The summed E-state index contributed by atoms with van der Waals surface area (Å²) in [5, 5.41) is 0. The molecule has 88 valence electrons. The van der Waals surface area contributed by atoms with Gasteiger partial charge in [0.2, 0.25) is 0 Å². The van der Waals surface area contributed by atoms with E-state index in [1.807, 2.05) is 0 Å².